The second-order valence-corrected chi connectivity index (χ2v) is 19.2. The zero-order valence-corrected chi connectivity index (χ0v) is 33.6. The number of ether oxygens (including phenoxy) is 1. The lowest BCUT2D eigenvalue weighted by Gasteiger charge is -2.71. The standard InChI is InChI=1S/C47H49ClFNO5S/c1-43-18-14-32(51)27-45(43)21-22-47(36(28-45)39(52)26-35-37(48)10-5-11-38(35)49)40(43)15-19-44(2)41(47)16-20-46(44,54)29-50(23-17-34-9-6-24-56-34)42(53)55-33-13-12-30-7-3-4-8-31(30)25-33/h3-13,21-22,24-25,28,32,40-41,51,54H,14-20,23,26-27,29H2,1-2H3. The Hall–Kier alpha value is -3.82. The third-order valence-electron chi connectivity index (χ3n) is 15.3. The minimum absolute atomic E-state index is 0.0840. The van der Waals surface area contributed by atoms with Crippen LogP contribution in [0.4, 0.5) is 9.18 Å². The molecule has 4 aromatic rings. The monoisotopic (exact) mass is 793 g/mol. The number of carbonyl (C=O) groups is 2. The van der Waals surface area contributed by atoms with Crippen molar-refractivity contribution < 1.29 is 28.9 Å². The SMILES string of the molecule is CC12CCC(O)CC13C=CC1(C(C(=O)Cc4c(F)cccc4Cl)=C3)C2CCC2(C)C1CCC2(O)CN(CCc1cccs1)C(=O)Oc1ccc2ccccc2c1. The van der Waals surface area contributed by atoms with Gasteiger partial charge in [-0.2, -0.15) is 0 Å². The lowest BCUT2D eigenvalue weighted by molar-refractivity contribution is -0.178. The van der Waals surface area contributed by atoms with Crippen molar-refractivity contribution in [2.45, 2.75) is 83.3 Å². The van der Waals surface area contributed by atoms with Crippen molar-refractivity contribution >= 4 is 45.6 Å². The van der Waals surface area contributed by atoms with E-state index >= 15 is 4.39 Å². The third kappa shape index (κ3) is 5.68. The molecule has 2 N–H and O–H groups in total. The maximum absolute atomic E-state index is 15.2. The molecule has 6 aliphatic rings. The Bertz CT molecular complexity index is 2250. The number of thiophene rings is 1. The molecular formula is C47H49ClFNO5S. The highest BCUT2D eigenvalue weighted by molar-refractivity contribution is 7.09. The number of hydrogen-bond acceptors (Lipinski definition) is 6. The van der Waals surface area contributed by atoms with Gasteiger partial charge in [-0.3, -0.25) is 4.79 Å². The van der Waals surface area contributed by atoms with Crippen LogP contribution in [0.3, 0.4) is 0 Å². The van der Waals surface area contributed by atoms with Crippen LogP contribution in [-0.4, -0.2) is 51.8 Å². The normalized spacial score (nSPS) is 34.0. The number of ketones is 1. The van der Waals surface area contributed by atoms with Crippen LogP contribution >= 0.6 is 22.9 Å². The van der Waals surface area contributed by atoms with E-state index in [1.54, 1.807) is 28.4 Å². The summed E-state index contributed by atoms with van der Waals surface area (Å²) in [5.74, 6) is -0.261. The van der Waals surface area contributed by atoms with Crippen LogP contribution in [0, 0.1) is 39.3 Å². The van der Waals surface area contributed by atoms with Crippen LogP contribution in [0.25, 0.3) is 10.8 Å². The van der Waals surface area contributed by atoms with Gasteiger partial charge < -0.3 is 19.8 Å². The lowest BCUT2D eigenvalue weighted by Crippen LogP contribution is -2.67. The van der Waals surface area contributed by atoms with Crippen LogP contribution in [0.2, 0.25) is 5.02 Å². The number of aliphatic hydroxyl groups is 2. The second-order valence-electron chi connectivity index (χ2n) is 17.7. The van der Waals surface area contributed by atoms with Gasteiger partial charge in [-0.25, -0.2) is 9.18 Å². The molecule has 56 heavy (non-hydrogen) atoms. The first-order valence-corrected chi connectivity index (χ1v) is 21.3. The first-order chi connectivity index (χ1) is 26.8. The number of carbonyl (C=O) groups excluding carboxylic acids is 2. The van der Waals surface area contributed by atoms with Gasteiger partial charge in [0, 0.05) is 50.2 Å². The van der Waals surface area contributed by atoms with Gasteiger partial charge in [0.2, 0.25) is 0 Å². The maximum Gasteiger partial charge on any atom is 0.415 e. The first-order valence-electron chi connectivity index (χ1n) is 20.1. The molecule has 8 atom stereocenters. The predicted molar refractivity (Wildman–Crippen MR) is 218 cm³/mol. The van der Waals surface area contributed by atoms with E-state index in [0.29, 0.717) is 50.0 Å². The summed E-state index contributed by atoms with van der Waals surface area (Å²) >= 11 is 8.14. The summed E-state index contributed by atoms with van der Waals surface area (Å²) < 4.78 is 21.3. The summed E-state index contributed by atoms with van der Waals surface area (Å²) in [5, 5.41) is 28.4. The second kappa shape index (κ2) is 13.6. The van der Waals surface area contributed by atoms with E-state index in [2.05, 4.69) is 38.1 Å². The summed E-state index contributed by atoms with van der Waals surface area (Å²) in [6.07, 6.45) is 10.8. The van der Waals surface area contributed by atoms with E-state index in [0.717, 1.165) is 34.9 Å². The Balaban J connectivity index is 1.07. The molecule has 3 aromatic carbocycles. The molecule has 1 aromatic heterocycles. The summed E-state index contributed by atoms with van der Waals surface area (Å²) in [5.41, 5.74) is -2.51. The highest BCUT2D eigenvalue weighted by atomic mass is 35.5. The number of benzene rings is 3. The number of aliphatic hydroxyl groups excluding tert-OH is 1. The fraction of sp³-hybridized carbons (Fsp3) is 0.447. The van der Waals surface area contributed by atoms with Gasteiger partial charge in [0.05, 0.1) is 18.2 Å². The van der Waals surface area contributed by atoms with E-state index in [1.807, 2.05) is 53.9 Å². The smallest absolute Gasteiger partial charge is 0.410 e. The van der Waals surface area contributed by atoms with Crippen molar-refractivity contribution in [3.05, 3.63) is 123 Å². The minimum atomic E-state index is -1.28. The van der Waals surface area contributed by atoms with E-state index < -0.39 is 39.9 Å². The molecular weight excluding hydrogens is 745 g/mol. The molecule has 1 amide bonds. The van der Waals surface area contributed by atoms with Crippen molar-refractivity contribution in [1.82, 2.24) is 4.90 Å². The molecule has 10 rings (SSSR count). The van der Waals surface area contributed by atoms with Crippen LogP contribution < -0.4 is 4.74 Å². The zero-order valence-electron chi connectivity index (χ0n) is 32.0. The average Bonchev–Trinajstić information content (AvgIpc) is 3.80. The number of amides is 1. The maximum atomic E-state index is 15.2. The van der Waals surface area contributed by atoms with E-state index in [4.69, 9.17) is 16.3 Å². The van der Waals surface area contributed by atoms with E-state index in [-0.39, 0.29) is 46.6 Å². The molecule has 1 heterocycles. The Morgan fingerprint density at radius 2 is 1.70 bits per heavy atom. The van der Waals surface area contributed by atoms with E-state index in [1.165, 1.54) is 6.07 Å². The van der Waals surface area contributed by atoms with Crippen molar-refractivity contribution in [1.29, 1.82) is 0 Å². The van der Waals surface area contributed by atoms with Crippen molar-refractivity contribution in [3.8, 4) is 5.75 Å². The molecule has 3 saturated carbocycles. The Morgan fingerprint density at radius 3 is 2.48 bits per heavy atom. The Labute approximate surface area is 337 Å². The molecule has 292 valence electrons. The van der Waals surface area contributed by atoms with Crippen LogP contribution in [0.5, 0.6) is 5.75 Å². The quantitative estimate of drug-likeness (QED) is 0.165. The van der Waals surface area contributed by atoms with Gasteiger partial charge >= 0.3 is 6.09 Å². The van der Waals surface area contributed by atoms with Gasteiger partial charge in [0.1, 0.15) is 11.6 Å². The number of allylic oxidation sites excluding steroid dienone is 4. The zero-order chi connectivity index (χ0) is 39.1. The lowest BCUT2D eigenvalue weighted by atomic mass is 9.32. The molecule has 3 fully saturated rings. The highest BCUT2D eigenvalue weighted by Crippen LogP contribution is 2.78. The molecule has 9 heteroatoms. The predicted octanol–water partition coefficient (Wildman–Crippen LogP) is 10.1. The largest absolute Gasteiger partial charge is 0.415 e. The summed E-state index contributed by atoms with van der Waals surface area (Å²) in [6, 6.07) is 22.1. The van der Waals surface area contributed by atoms with Crippen molar-refractivity contribution in [2.24, 2.45) is 33.5 Å². The number of nitrogens with zero attached hydrogens (tertiary/aromatic N) is 1. The number of rotatable bonds is 9. The highest BCUT2D eigenvalue weighted by Gasteiger charge is 2.74. The Kier molecular flexibility index (Phi) is 9.20. The minimum Gasteiger partial charge on any atom is -0.410 e. The molecule has 2 spiro atoms. The van der Waals surface area contributed by atoms with Gasteiger partial charge in [-0.1, -0.05) is 86.1 Å². The Morgan fingerprint density at radius 1 is 0.929 bits per heavy atom. The summed E-state index contributed by atoms with van der Waals surface area (Å²) in [4.78, 5) is 31.9. The van der Waals surface area contributed by atoms with Gasteiger partial charge in [-0.05, 0) is 115 Å². The van der Waals surface area contributed by atoms with Gasteiger partial charge in [0.15, 0.2) is 5.78 Å². The molecule has 8 unspecified atom stereocenters. The molecule has 0 aliphatic heterocycles. The van der Waals surface area contributed by atoms with Crippen LogP contribution in [0.1, 0.15) is 69.2 Å². The molecule has 6 nitrogen and oxygen atoms in total. The topological polar surface area (TPSA) is 87.1 Å². The van der Waals surface area contributed by atoms with Crippen molar-refractivity contribution in [2.75, 3.05) is 13.1 Å². The molecule has 2 bridgehead atoms. The molecule has 6 aliphatic carbocycles. The molecule has 0 saturated heterocycles. The van der Waals surface area contributed by atoms with Crippen LogP contribution in [0.15, 0.2) is 102 Å². The fourth-order valence-corrected chi connectivity index (χ4v) is 13.2. The first kappa shape index (κ1) is 37.7. The van der Waals surface area contributed by atoms with Gasteiger partial charge in [0.25, 0.3) is 0 Å². The average molecular weight is 794 g/mol. The molecule has 0 radical (unpaired) electrons. The summed E-state index contributed by atoms with van der Waals surface area (Å²) in [6.45, 7) is 4.97. The van der Waals surface area contributed by atoms with E-state index in [9.17, 15) is 19.8 Å². The summed E-state index contributed by atoms with van der Waals surface area (Å²) in [7, 11) is 0. The fourth-order valence-electron chi connectivity index (χ4n) is 12.3. The number of Topliss-reactive ketones (excluding diaryl/α,β-unsaturated/α-hetero) is 1. The van der Waals surface area contributed by atoms with Gasteiger partial charge in [-0.15, -0.1) is 11.3 Å². The third-order valence-corrected chi connectivity index (χ3v) is 16.5. The van der Waals surface area contributed by atoms with Crippen LogP contribution in [-0.2, 0) is 17.6 Å². The number of fused-ring (bicyclic) bond motifs is 2. The number of halogens is 2. The van der Waals surface area contributed by atoms with Crippen molar-refractivity contribution in [3.63, 3.8) is 0 Å². The number of hydrogen-bond donors (Lipinski definition) is 2.